The molecule has 0 saturated carbocycles. The Labute approximate surface area is 166 Å². The Hall–Kier alpha value is -2.28. The molecule has 1 unspecified atom stereocenters. The summed E-state index contributed by atoms with van der Waals surface area (Å²) < 4.78 is 7.90. The third-order valence-corrected chi connectivity index (χ3v) is 5.30. The number of hydrogen-bond donors (Lipinski definition) is 1. The van der Waals surface area contributed by atoms with Crippen LogP contribution < -0.4 is 5.32 Å². The van der Waals surface area contributed by atoms with Crippen molar-refractivity contribution in [1.29, 1.82) is 0 Å². The van der Waals surface area contributed by atoms with Gasteiger partial charge < -0.3 is 10.1 Å². The average molecular weight is 380 g/mol. The lowest BCUT2D eigenvalue weighted by molar-refractivity contribution is 0.0533. The van der Waals surface area contributed by atoms with Crippen molar-refractivity contribution < 1.29 is 4.74 Å². The van der Waals surface area contributed by atoms with Crippen LogP contribution in [0.5, 0.6) is 0 Å². The van der Waals surface area contributed by atoms with Gasteiger partial charge in [0.1, 0.15) is 0 Å². The van der Waals surface area contributed by atoms with Crippen LogP contribution in [0.2, 0.25) is 0 Å². The molecular formula is C22H29N5O. The monoisotopic (exact) mass is 379 g/mol. The topological polar surface area (TPSA) is 55.2 Å². The van der Waals surface area contributed by atoms with E-state index in [0.29, 0.717) is 0 Å². The number of nitrogens with zero attached hydrogens (tertiary/aromatic N) is 4. The molecule has 0 bridgehead atoms. The van der Waals surface area contributed by atoms with E-state index in [-0.39, 0.29) is 6.10 Å². The number of pyridine rings is 1. The Balaban J connectivity index is 1.31. The minimum atomic E-state index is 0.211. The van der Waals surface area contributed by atoms with Crippen molar-refractivity contribution in [2.24, 2.45) is 7.05 Å². The number of nitrogens with one attached hydrogen (secondary N) is 1. The van der Waals surface area contributed by atoms with E-state index in [4.69, 9.17) is 4.74 Å². The molecule has 1 fully saturated rings. The van der Waals surface area contributed by atoms with E-state index in [1.165, 1.54) is 11.1 Å². The van der Waals surface area contributed by atoms with Gasteiger partial charge >= 0.3 is 0 Å². The highest BCUT2D eigenvalue weighted by Crippen LogP contribution is 2.16. The Morgan fingerprint density at radius 1 is 1.21 bits per heavy atom. The van der Waals surface area contributed by atoms with E-state index in [9.17, 15) is 0 Å². The van der Waals surface area contributed by atoms with Crippen molar-refractivity contribution in [2.45, 2.75) is 32.5 Å². The zero-order valence-electron chi connectivity index (χ0n) is 16.8. The lowest BCUT2D eigenvalue weighted by Crippen LogP contribution is -2.37. The van der Waals surface area contributed by atoms with Crippen LogP contribution in [0.4, 0.5) is 0 Å². The SMILES string of the molecule is Cc1nn(C)c2ncc(CNCC3CN(Cc4ccccc4)CCCO3)cc12. The van der Waals surface area contributed by atoms with Crippen molar-refractivity contribution >= 4 is 11.0 Å². The molecule has 2 aromatic heterocycles. The number of aryl methyl sites for hydroxylation is 2. The van der Waals surface area contributed by atoms with Crippen molar-refractivity contribution in [3.05, 3.63) is 59.4 Å². The van der Waals surface area contributed by atoms with Gasteiger partial charge in [-0.15, -0.1) is 0 Å². The van der Waals surface area contributed by atoms with Crippen LogP contribution in [-0.2, 0) is 24.9 Å². The first-order chi connectivity index (χ1) is 13.7. The summed E-state index contributed by atoms with van der Waals surface area (Å²) in [4.78, 5) is 7.06. The van der Waals surface area contributed by atoms with Gasteiger partial charge in [0, 0.05) is 58.0 Å². The van der Waals surface area contributed by atoms with Crippen LogP contribution in [-0.4, -0.2) is 52.0 Å². The van der Waals surface area contributed by atoms with E-state index < -0.39 is 0 Å². The van der Waals surface area contributed by atoms with Crippen LogP contribution in [0.3, 0.4) is 0 Å². The van der Waals surface area contributed by atoms with E-state index in [0.717, 1.165) is 62.5 Å². The second-order valence-electron chi connectivity index (χ2n) is 7.62. The summed E-state index contributed by atoms with van der Waals surface area (Å²) in [5, 5.41) is 9.13. The van der Waals surface area contributed by atoms with Crippen molar-refractivity contribution in [2.75, 3.05) is 26.2 Å². The number of aromatic nitrogens is 3. The molecule has 3 aromatic rings. The molecule has 1 aliphatic heterocycles. The third kappa shape index (κ3) is 4.58. The van der Waals surface area contributed by atoms with Gasteiger partial charge in [-0.1, -0.05) is 30.3 Å². The first-order valence-corrected chi connectivity index (χ1v) is 10.1. The summed E-state index contributed by atoms with van der Waals surface area (Å²) in [6.07, 6.45) is 3.24. The van der Waals surface area contributed by atoms with E-state index in [1.807, 2.05) is 24.9 Å². The molecule has 0 radical (unpaired) electrons. The molecule has 0 aliphatic carbocycles. The number of hydrogen-bond acceptors (Lipinski definition) is 5. The average Bonchev–Trinajstić information content (AvgIpc) is 2.85. The largest absolute Gasteiger partial charge is 0.376 e. The second kappa shape index (κ2) is 8.82. The summed E-state index contributed by atoms with van der Waals surface area (Å²) in [5.74, 6) is 0. The highest BCUT2D eigenvalue weighted by atomic mass is 16.5. The molecule has 0 amide bonds. The van der Waals surface area contributed by atoms with E-state index >= 15 is 0 Å². The minimum absolute atomic E-state index is 0.211. The van der Waals surface area contributed by atoms with Gasteiger partial charge in [-0.25, -0.2) is 4.98 Å². The summed E-state index contributed by atoms with van der Waals surface area (Å²) in [6.45, 7) is 7.53. The number of benzene rings is 1. The Kier molecular flexibility index (Phi) is 6.00. The van der Waals surface area contributed by atoms with Gasteiger partial charge in [0.15, 0.2) is 5.65 Å². The summed E-state index contributed by atoms with van der Waals surface area (Å²) in [7, 11) is 1.94. The molecule has 1 N–H and O–H groups in total. The Bertz CT molecular complexity index is 908. The number of rotatable bonds is 6. The van der Waals surface area contributed by atoms with Crippen molar-refractivity contribution in [3.8, 4) is 0 Å². The normalized spacial score (nSPS) is 18.4. The molecule has 0 spiro atoms. The molecule has 4 rings (SSSR count). The lowest BCUT2D eigenvalue weighted by Gasteiger charge is -2.24. The maximum absolute atomic E-state index is 6.07. The number of ether oxygens (including phenoxy) is 1. The molecule has 1 aromatic carbocycles. The molecule has 1 saturated heterocycles. The first-order valence-electron chi connectivity index (χ1n) is 10.1. The van der Waals surface area contributed by atoms with Gasteiger partial charge in [-0.3, -0.25) is 9.58 Å². The number of fused-ring (bicyclic) bond motifs is 1. The maximum Gasteiger partial charge on any atom is 0.157 e. The Morgan fingerprint density at radius 3 is 2.93 bits per heavy atom. The highest BCUT2D eigenvalue weighted by molar-refractivity contribution is 5.78. The van der Waals surface area contributed by atoms with Gasteiger partial charge in [-0.05, 0) is 30.5 Å². The molecule has 148 valence electrons. The van der Waals surface area contributed by atoms with E-state index in [2.05, 4.69) is 56.7 Å². The van der Waals surface area contributed by atoms with Crippen molar-refractivity contribution in [3.63, 3.8) is 0 Å². The van der Waals surface area contributed by atoms with Gasteiger partial charge in [-0.2, -0.15) is 5.10 Å². The fourth-order valence-electron chi connectivity index (χ4n) is 3.90. The molecule has 3 heterocycles. The molecular weight excluding hydrogens is 350 g/mol. The highest BCUT2D eigenvalue weighted by Gasteiger charge is 2.18. The summed E-state index contributed by atoms with van der Waals surface area (Å²) in [6, 6.07) is 12.9. The quantitative estimate of drug-likeness (QED) is 0.714. The maximum atomic E-state index is 6.07. The molecule has 6 heteroatoms. The van der Waals surface area contributed by atoms with Crippen LogP contribution >= 0.6 is 0 Å². The van der Waals surface area contributed by atoms with Crippen LogP contribution in [0.1, 0.15) is 23.2 Å². The zero-order chi connectivity index (χ0) is 19.3. The van der Waals surface area contributed by atoms with Gasteiger partial charge in [0.25, 0.3) is 0 Å². The van der Waals surface area contributed by atoms with Crippen LogP contribution in [0.15, 0.2) is 42.6 Å². The Morgan fingerprint density at radius 2 is 2.07 bits per heavy atom. The van der Waals surface area contributed by atoms with Crippen LogP contribution in [0, 0.1) is 6.92 Å². The summed E-state index contributed by atoms with van der Waals surface area (Å²) in [5.41, 5.74) is 4.50. The van der Waals surface area contributed by atoms with Gasteiger partial charge in [0.05, 0.1) is 11.8 Å². The standard InChI is InChI=1S/C22H29N5O/c1-17-21-11-19(13-24-22(21)26(2)25-17)12-23-14-20-16-27(9-6-10-28-20)15-18-7-4-3-5-8-18/h3-5,7-8,11,13,20,23H,6,9-10,12,14-16H2,1-2H3. The third-order valence-electron chi connectivity index (χ3n) is 5.30. The lowest BCUT2D eigenvalue weighted by atomic mass is 10.2. The van der Waals surface area contributed by atoms with Gasteiger partial charge in [0.2, 0.25) is 0 Å². The predicted molar refractivity (Wildman–Crippen MR) is 111 cm³/mol. The van der Waals surface area contributed by atoms with Crippen LogP contribution in [0.25, 0.3) is 11.0 Å². The smallest absolute Gasteiger partial charge is 0.157 e. The molecule has 1 aliphatic rings. The summed E-state index contributed by atoms with van der Waals surface area (Å²) >= 11 is 0. The zero-order valence-corrected chi connectivity index (χ0v) is 16.8. The minimum Gasteiger partial charge on any atom is -0.376 e. The van der Waals surface area contributed by atoms with Crippen molar-refractivity contribution in [1.82, 2.24) is 25.0 Å². The molecule has 28 heavy (non-hydrogen) atoms. The first kappa shape index (κ1) is 19.1. The predicted octanol–water partition coefficient (Wildman–Crippen LogP) is 2.66. The molecule has 1 atom stereocenters. The fourth-order valence-corrected chi connectivity index (χ4v) is 3.90. The second-order valence-corrected chi connectivity index (χ2v) is 7.62. The van der Waals surface area contributed by atoms with E-state index in [1.54, 1.807) is 0 Å². The molecule has 6 nitrogen and oxygen atoms in total. The fraction of sp³-hybridized carbons (Fsp3) is 0.455.